The van der Waals surface area contributed by atoms with E-state index >= 15 is 0 Å². The monoisotopic (exact) mass is 324 g/mol. The Kier molecular flexibility index (Phi) is 6.21. The molecule has 124 valence electrons. The molecule has 0 unspecified atom stereocenters. The summed E-state index contributed by atoms with van der Waals surface area (Å²) >= 11 is 0. The van der Waals surface area contributed by atoms with Crippen LogP contribution < -0.4 is 9.47 Å². The van der Waals surface area contributed by atoms with Crippen LogP contribution >= 0.6 is 0 Å². The van der Waals surface area contributed by atoms with Crippen LogP contribution in [-0.4, -0.2) is 31.6 Å². The number of benzene rings is 2. The Hall–Kier alpha value is -3.00. The fourth-order valence-corrected chi connectivity index (χ4v) is 2.39. The molecule has 0 bridgehead atoms. The molecule has 0 spiro atoms. The summed E-state index contributed by atoms with van der Waals surface area (Å²) in [6, 6.07) is 16.9. The Morgan fingerprint density at radius 3 is 2.50 bits per heavy atom. The van der Waals surface area contributed by atoms with Crippen molar-refractivity contribution in [1.82, 2.24) is 4.90 Å². The van der Waals surface area contributed by atoms with Crippen LogP contribution in [0.4, 0.5) is 0 Å². The second kappa shape index (κ2) is 8.59. The molecular weight excluding hydrogens is 304 g/mol. The molecule has 5 nitrogen and oxygen atoms in total. The number of nitriles is 1. The zero-order valence-electron chi connectivity index (χ0n) is 13.9. The molecule has 0 radical (unpaired) electrons. The van der Waals surface area contributed by atoms with Gasteiger partial charge in [0.2, 0.25) is 0 Å². The van der Waals surface area contributed by atoms with Gasteiger partial charge >= 0.3 is 0 Å². The van der Waals surface area contributed by atoms with Crippen LogP contribution in [0.3, 0.4) is 0 Å². The second-order valence-corrected chi connectivity index (χ2v) is 5.19. The molecule has 2 rings (SSSR count). The fourth-order valence-electron chi connectivity index (χ4n) is 2.39. The van der Waals surface area contributed by atoms with E-state index in [9.17, 15) is 4.79 Å². The molecule has 2 aromatic carbocycles. The maximum absolute atomic E-state index is 12.9. The topological polar surface area (TPSA) is 62.6 Å². The first-order chi connectivity index (χ1) is 11.7. The summed E-state index contributed by atoms with van der Waals surface area (Å²) in [7, 11) is 3.08. The molecular formula is C19H20N2O3. The standard InChI is InChI=1S/C19H20N2O3/c1-23-16-9-10-17(18(13-16)24-2)19(22)21(12-6-11-20)14-15-7-4-3-5-8-15/h3-5,7-10,13H,6,12,14H2,1-2H3. The molecule has 0 aliphatic carbocycles. The largest absolute Gasteiger partial charge is 0.497 e. The average molecular weight is 324 g/mol. The molecule has 0 saturated carbocycles. The molecule has 0 aromatic heterocycles. The number of methoxy groups -OCH3 is 2. The summed E-state index contributed by atoms with van der Waals surface area (Å²) in [5.41, 5.74) is 1.46. The van der Waals surface area contributed by atoms with Gasteiger partial charge in [0, 0.05) is 19.2 Å². The third-order valence-electron chi connectivity index (χ3n) is 3.64. The van der Waals surface area contributed by atoms with Crippen LogP contribution in [0, 0.1) is 11.3 Å². The van der Waals surface area contributed by atoms with E-state index in [1.807, 2.05) is 30.3 Å². The van der Waals surface area contributed by atoms with Gasteiger partial charge in [-0.05, 0) is 17.7 Å². The average Bonchev–Trinajstić information content (AvgIpc) is 2.64. The van der Waals surface area contributed by atoms with Gasteiger partial charge in [-0.15, -0.1) is 0 Å². The maximum atomic E-state index is 12.9. The van der Waals surface area contributed by atoms with Gasteiger partial charge in [-0.2, -0.15) is 5.26 Å². The maximum Gasteiger partial charge on any atom is 0.257 e. The molecule has 0 N–H and O–H groups in total. The highest BCUT2D eigenvalue weighted by Crippen LogP contribution is 2.26. The van der Waals surface area contributed by atoms with Gasteiger partial charge in [-0.1, -0.05) is 30.3 Å². The molecule has 0 aliphatic rings. The molecule has 24 heavy (non-hydrogen) atoms. The molecule has 1 amide bonds. The lowest BCUT2D eigenvalue weighted by Gasteiger charge is -2.23. The summed E-state index contributed by atoms with van der Waals surface area (Å²) in [5.74, 6) is 0.901. The molecule has 0 heterocycles. The number of nitrogens with zero attached hydrogens (tertiary/aromatic N) is 2. The number of rotatable bonds is 7. The quantitative estimate of drug-likeness (QED) is 0.784. The van der Waals surface area contributed by atoms with Crippen molar-refractivity contribution in [2.75, 3.05) is 20.8 Å². The summed E-state index contributed by atoms with van der Waals surface area (Å²) < 4.78 is 10.5. The first kappa shape index (κ1) is 17.4. The van der Waals surface area contributed by atoms with Crippen molar-refractivity contribution >= 4 is 5.91 Å². The van der Waals surface area contributed by atoms with Gasteiger partial charge in [-0.25, -0.2) is 0 Å². The summed E-state index contributed by atoms with van der Waals surface area (Å²) in [4.78, 5) is 14.6. The minimum absolute atomic E-state index is 0.173. The van der Waals surface area contributed by atoms with Crippen molar-refractivity contribution < 1.29 is 14.3 Å². The van der Waals surface area contributed by atoms with Crippen molar-refractivity contribution in [3.8, 4) is 17.6 Å². The van der Waals surface area contributed by atoms with E-state index in [4.69, 9.17) is 14.7 Å². The lowest BCUT2D eigenvalue weighted by atomic mass is 10.1. The highest BCUT2D eigenvalue weighted by atomic mass is 16.5. The smallest absolute Gasteiger partial charge is 0.257 e. The first-order valence-corrected chi connectivity index (χ1v) is 7.61. The van der Waals surface area contributed by atoms with Crippen molar-refractivity contribution in [2.45, 2.75) is 13.0 Å². The molecule has 0 aliphatic heterocycles. The Labute approximate surface area is 142 Å². The Morgan fingerprint density at radius 1 is 1.12 bits per heavy atom. The summed E-state index contributed by atoms with van der Waals surface area (Å²) in [5, 5.41) is 8.87. The van der Waals surface area contributed by atoms with E-state index < -0.39 is 0 Å². The van der Waals surface area contributed by atoms with Gasteiger partial charge in [-0.3, -0.25) is 4.79 Å². The van der Waals surface area contributed by atoms with Crippen molar-refractivity contribution in [3.63, 3.8) is 0 Å². The van der Waals surface area contributed by atoms with Crippen molar-refractivity contribution in [1.29, 1.82) is 5.26 Å². The second-order valence-electron chi connectivity index (χ2n) is 5.19. The zero-order valence-corrected chi connectivity index (χ0v) is 13.9. The van der Waals surface area contributed by atoms with E-state index in [1.54, 1.807) is 30.2 Å². The van der Waals surface area contributed by atoms with Gasteiger partial charge in [0.1, 0.15) is 11.5 Å². The Balaban J connectivity index is 2.28. The predicted molar refractivity (Wildman–Crippen MR) is 91.0 cm³/mol. The van der Waals surface area contributed by atoms with Gasteiger partial charge in [0.25, 0.3) is 5.91 Å². The van der Waals surface area contributed by atoms with Crippen LogP contribution in [0.2, 0.25) is 0 Å². The lowest BCUT2D eigenvalue weighted by Crippen LogP contribution is -2.31. The Bertz CT molecular complexity index is 723. The third-order valence-corrected chi connectivity index (χ3v) is 3.64. The fraction of sp³-hybridized carbons (Fsp3) is 0.263. The van der Waals surface area contributed by atoms with Gasteiger partial charge in [0.05, 0.1) is 32.3 Å². The summed E-state index contributed by atoms with van der Waals surface area (Å²) in [6.45, 7) is 0.802. The summed E-state index contributed by atoms with van der Waals surface area (Å²) in [6.07, 6.45) is 0.275. The minimum Gasteiger partial charge on any atom is -0.497 e. The van der Waals surface area contributed by atoms with Crippen LogP contribution in [0.25, 0.3) is 0 Å². The van der Waals surface area contributed by atoms with E-state index in [2.05, 4.69) is 6.07 Å². The number of amides is 1. The predicted octanol–water partition coefficient (Wildman–Crippen LogP) is 3.26. The number of carbonyl (C=O) groups is 1. The first-order valence-electron chi connectivity index (χ1n) is 7.61. The molecule has 5 heteroatoms. The van der Waals surface area contributed by atoms with Crippen LogP contribution in [0.1, 0.15) is 22.3 Å². The minimum atomic E-state index is -0.173. The molecule has 0 fully saturated rings. The molecule has 2 aromatic rings. The number of hydrogen-bond donors (Lipinski definition) is 0. The van der Waals surface area contributed by atoms with E-state index in [0.717, 1.165) is 5.56 Å². The van der Waals surface area contributed by atoms with Crippen molar-refractivity contribution in [3.05, 3.63) is 59.7 Å². The van der Waals surface area contributed by atoms with E-state index in [1.165, 1.54) is 7.11 Å². The Morgan fingerprint density at radius 2 is 1.88 bits per heavy atom. The number of carbonyl (C=O) groups excluding carboxylic acids is 1. The highest BCUT2D eigenvalue weighted by Gasteiger charge is 2.20. The zero-order chi connectivity index (χ0) is 17.4. The normalized spacial score (nSPS) is 9.88. The SMILES string of the molecule is COc1ccc(C(=O)N(CCC#N)Cc2ccccc2)c(OC)c1. The van der Waals surface area contributed by atoms with Crippen LogP contribution in [0.5, 0.6) is 11.5 Å². The lowest BCUT2D eigenvalue weighted by molar-refractivity contribution is 0.0743. The highest BCUT2D eigenvalue weighted by molar-refractivity contribution is 5.97. The van der Waals surface area contributed by atoms with E-state index in [0.29, 0.717) is 30.2 Å². The van der Waals surface area contributed by atoms with Gasteiger partial charge < -0.3 is 14.4 Å². The van der Waals surface area contributed by atoms with E-state index in [-0.39, 0.29) is 12.3 Å². The molecule has 0 saturated heterocycles. The van der Waals surface area contributed by atoms with Crippen molar-refractivity contribution in [2.24, 2.45) is 0 Å². The number of ether oxygens (including phenoxy) is 2. The third kappa shape index (κ3) is 4.26. The van der Waals surface area contributed by atoms with Crippen LogP contribution in [-0.2, 0) is 6.54 Å². The van der Waals surface area contributed by atoms with Crippen LogP contribution in [0.15, 0.2) is 48.5 Å². The number of hydrogen-bond acceptors (Lipinski definition) is 4. The van der Waals surface area contributed by atoms with Gasteiger partial charge in [0.15, 0.2) is 0 Å². The molecule has 0 atom stereocenters.